The molecule has 0 aliphatic heterocycles. The van der Waals surface area contributed by atoms with Crippen molar-refractivity contribution in [2.24, 2.45) is 0 Å². The monoisotopic (exact) mass is 222 g/mol. The van der Waals surface area contributed by atoms with Crippen LogP contribution >= 0.6 is 11.6 Å². The van der Waals surface area contributed by atoms with Gasteiger partial charge in [0, 0.05) is 5.39 Å². The molecule has 2 nitrogen and oxygen atoms in total. The lowest BCUT2D eigenvalue weighted by atomic mass is 10.2. The first kappa shape index (κ1) is 10.3. The molecule has 0 aliphatic rings. The van der Waals surface area contributed by atoms with Crippen molar-refractivity contribution in [1.82, 2.24) is 0 Å². The molecule has 1 aromatic heterocycles. The smallest absolute Gasteiger partial charge is 0.152 e. The van der Waals surface area contributed by atoms with E-state index in [9.17, 15) is 5.11 Å². The van der Waals surface area contributed by atoms with E-state index in [1.54, 1.807) is 18.2 Å². The highest BCUT2D eigenvalue weighted by Gasteiger charge is 2.12. The fraction of sp³-hybridized carbons (Fsp3) is 0.167. The van der Waals surface area contributed by atoms with Gasteiger partial charge >= 0.3 is 0 Å². The molecule has 0 aliphatic carbocycles. The van der Waals surface area contributed by atoms with Crippen LogP contribution in [0.3, 0.4) is 0 Å². The molecule has 1 N–H and O–H groups in total. The van der Waals surface area contributed by atoms with Crippen molar-refractivity contribution in [3.63, 3.8) is 0 Å². The Labute approximate surface area is 92.8 Å². The summed E-state index contributed by atoms with van der Waals surface area (Å²) in [5, 5.41) is 11.2. The lowest BCUT2D eigenvalue weighted by molar-refractivity contribution is 0.155. The summed E-state index contributed by atoms with van der Waals surface area (Å²) in [7, 11) is 0. The number of aliphatic hydroxyl groups excluding tert-OH is 1. The molecule has 2 rings (SSSR count). The third kappa shape index (κ3) is 1.91. The van der Waals surface area contributed by atoms with Gasteiger partial charge in [0.05, 0.1) is 5.02 Å². The van der Waals surface area contributed by atoms with E-state index in [2.05, 4.69) is 6.58 Å². The molecule has 1 atom stereocenters. The van der Waals surface area contributed by atoms with Crippen LogP contribution in [0.2, 0.25) is 5.02 Å². The number of benzene rings is 1. The predicted molar refractivity (Wildman–Crippen MR) is 61.0 cm³/mol. The maximum absolute atomic E-state index is 9.70. The Kier molecular flexibility index (Phi) is 2.80. The maximum atomic E-state index is 9.70. The second-order valence-corrected chi connectivity index (χ2v) is 3.75. The Morgan fingerprint density at radius 2 is 2.33 bits per heavy atom. The molecule has 3 heteroatoms. The van der Waals surface area contributed by atoms with Crippen LogP contribution in [0.5, 0.6) is 0 Å². The molecule has 1 unspecified atom stereocenters. The third-order valence-electron chi connectivity index (χ3n) is 2.23. The molecular formula is C12H11ClO2. The summed E-state index contributed by atoms with van der Waals surface area (Å²) in [6.45, 7) is 3.57. The van der Waals surface area contributed by atoms with E-state index in [4.69, 9.17) is 16.0 Å². The molecule has 0 bridgehead atoms. The Balaban J connectivity index is 2.47. The molecule has 0 spiro atoms. The van der Waals surface area contributed by atoms with Gasteiger partial charge in [-0.1, -0.05) is 29.8 Å². The third-order valence-corrected chi connectivity index (χ3v) is 2.53. The van der Waals surface area contributed by atoms with E-state index in [-0.39, 0.29) is 0 Å². The SMILES string of the molecule is C=CCC(O)c1cc2cccc(Cl)c2o1. The molecule has 2 aromatic rings. The van der Waals surface area contributed by atoms with E-state index in [1.165, 1.54) is 0 Å². The van der Waals surface area contributed by atoms with Crippen LogP contribution < -0.4 is 0 Å². The molecule has 1 aromatic carbocycles. The van der Waals surface area contributed by atoms with Crippen molar-refractivity contribution in [3.8, 4) is 0 Å². The minimum absolute atomic E-state index is 0.470. The van der Waals surface area contributed by atoms with Crippen molar-refractivity contribution in [2.75, 3.05) is 0 Å². The molecular weight excluding hydrogens is 212 g/mol. The Morgan fingerprint density at radius 1 is 1.53 bits per heavy atom. The van der Waals surface area contributed by atoms with Gasteiger partial charge in [-0.05, 0) is 18.6 Å². The second kappa shape index (κ2) is 4.09. The minimum Gasteiger partial charge on any atom is -0.457 e. The van der Waals surface area contributed by atoms with Gasteiger partial charge in [0.2, 0.25) is 0 Å². The van der Waals surface area contributed by atoms with Gasteiger partial charge in [0.15, 0.2) is 5.58 Å². The first-order valence-corrected chi connectivity index (χ1v) is 5.07. The van der Waals surface area contributed by atoms with Crippen LogP contribution in [-0.4, -0.2) is 5.11 Å². The first-order valence-electron chi connectivity index (χ1n) is 4.69. The second-order valence-electron chi connectivity index (χ2n) is 3.35. The standard InChI is InChI=1S/C12H11ClO2/c1-2-4-10(14)11-7-8-5-3-6-9(13)12(8)15-11/h2-3,5-7,10,14H,1,4H2. The van der Waals surface area contributed by atoms with E-state index >= 15 is 0 Å². The number of fused-ring (bicyclic) bond motifs is 1. The number of rotatable bonds is 3. The molecule has 0 saturated carbocycles. The Hall–Kier alpha value is -1.25. The van der Waals surface area contributed by atoms with Gasteiger partial charge in [0.1, 0.15) is 11.9 Å². The summed E-state index contributed by atoms with van der Waals surface area (Å²) >= 11 is 5.96. The number of aliphatic hydroxyl groups is 1. The van der Waals surface area contributed by atoms with E-state index in [1.807, 2.05) is 12.1 Å². The fourth-order valence-corrected chi connectivity index (χ4v) is 1.71. The van der Waals surface area contributed by atoms with Crippen LogP contribution in [0.25, 0.3) is 11.0 Å². The summed E-state index contributed by atoms with van der Waals surface area (Å²) in [6.07, 6.45) is 1.47. The molecule has 15 heavy (non-hydrogen) atoms. The zero-order valence-corrected chi connectivity index (χ0v) is 8.87. The van der Waals surface area contributed by atoms with Crippen molar-refractivity contribution in [2.45, 2.75) is 12.5 Å². The Bertz CT molecular complexity index is 487. The van der Waals surface area contributed by atoms with Crippen LogP contribution in [0.15, 0.2) is 41.3 Å². The van der Waals surface area contributed by atoms with Crippen LogP contribution in [0, 0.1) is 0 Å². The summed E-state index contributed by atoms with van der Waals surface area (Å²) in [5.41, 5.74) is 0.622. The van der Waals surface area contributed by atoms with E-state index < -0.39 is 6.10 Å². The molecule has 1 heterocycles. The van der Waals surface area contributed by atoms with Gasteiger partial charge in [-0.15, -0.1) is 6.58 Å². The quantitative estimate of drug-likeness (QED) is 0.804. The number of halogens is 1. The number of hydrogen-bond donors (Lipinski definition) is 1. The number of furan rings is 1. The lowest BCUT2D eigenvalue weighted by Gasteiger charge is -2.01. The highest BCUT2D eigenvalue weighted by Crippen LogP contribution is 2.30. The summed E-state index contributed by atoms with van der Waals surface area (Å²) in [5.74, 6) is 0.526. The maximum Gasteiger partial charge on any atom is 0.152 e. The van der Waals surface area contributed by atoms with Gasteiger partial charge in [-0.25, -0.2) is 0 Å². The minimum atomic E-state index is -0.647. The van der Waals surface area contributed by atoms with E-state index in [0.29, 0.717) is 22.8 Å². The fourth-order valence-electron chi connectivity index (χ4n) is 1.49. The Morgan fingerprint density at radius 3 is 3.00 bits per heavy atom. The highest BCUT2D eigenvalue weighted by molar-refractivity contribution is 6.34. The zero-order chi connectivity index (χ0) is 10.8. The molecule has 0 saturated heterocycles. The van der Waals surface area contributed by atoms with Crippen molar-refractivity contribution < 1.29 is 9.52 Å². The molecule has 0 radical (unpaired) electrons. The molecule has 0 fully saturated rings. The van der Waals surface area contributed by atoms with E-state index in [0.717, 1.165) is 5.39 Å². The normalized spacial score (nSPS) is 12.9. The predicted octanol–water partition coefficient (Wildman–Crippen LogP) is 3.70. The van der Waals surface area contributed by atoms with Crippen molar-refractivity contribution >= 4 is 22.6 Å². The summed E-state index contributed by atoms with van der Waals surface area (Å²) in [6, 6.07) is 7.31. The van der Waals surface area contributed by atoms with Crippen LogP contribution in [0.4, 0.5) is 0 Å². The van der Waals surface area contributed by atoms with Crippen molar-refractivity contribution in [1.29, 1.82) is 0 Å². The average molecular weight is 223 g/mol. The summed E-state index contributed by atoms with van der Waals surface area (Å²) in [4.78, 5) is 0. The summed E-state index contributed by atoms with van der Waals surface area (Å²) < 4.78 is 5.48. The first-order chi connectivity index (χ1) is 7.22. The van der Waals surface area contributed by atoms with Crippen LogP contribution in [0.1, 0.15) is 18.3 Å². The average Bonchev–Trinajstić information content (AvgIpc) is 2.63. The number of para-hydroxylation sites is 1. The van der Waals surface area contributed by atoms with Gasteiger partial charge in [-0.3, -0.25) is 0 Å². The largest absolute Gasteiger partial charge is 0.457 e. The van der Waals surface area contributed by atoms with Gasteiger partial charge < -0.3 is 9.52 Å². The van der Waals surface area contributed by atoms with Crippen LogP contribution in [-0.2, 0) is 0 Å². The van der Waals surface area contributed by atoms with Gasteiger partial charge in [-0.2, -0.15) is 0 Å². The van der Waals surface area contributed by atoms with Gasteiger partial charge in [0.25, 0.3) is 0 Å². The molecule has 78 valence electrons. The topological polar surface area (TPSA) is 33.4 Å². The van der Waals surface area contributed by atoms with Crippen molar-refractivity contribution in [3.05, 3.63) is 47.7 Å². The zero-order valence-electron chi connectivity index (χ0n) is 8.11. The molecule has 0 amide bonds. The number of hydrogen-bond acceptors (Lipinski definition) is 2. The highest BCUT2D eigenvalue weighted by atomic mass is 35.5. The lowest BCUT2D eigenvalue weighted by Crippen LogP contribution is -1.91.